The maximum atomic E-state index is 11.7. The van der Waals surface area contributed by atoms with Crippen LogP contribution in [0.25, 0.3) is 0 Å². The fourth-order valence-electron chi connectivity index (χ4n) is 2.79. The van der Waals surface area contributed by atoms with Gasteiger partial charge in [-0.15, -0.1) is 0 Å². The summed E-state index contributed by atoms with van der Waals surface area (Å²) in [5.41, 5.74) is 1.18. The van der Waals surface area contributed by atoms with Gasteiger partial charge < -0.3 is 5.32 Å². The van der Waals surface area contributed by atoms with E-state index in [9.17, 15) is 4.79 Å². The molecule has 0 aliphatic heterocycles. The minimum atomic E-state index is 0.203. The zero-order chi connectivity index (χ0) is 13.3. The summed E-state index contributed by atoms with van der Waals surface area (Å²) >= 11 is 0. The van der Waals surface area contributed by atoms with Crippen molar-refractivity contribution in [3.63, 3.8) is 0 Å². The van der Waals surface area contributed by atoms with Crippen molar-refractivity contribution in [1.82, 2.24) is 10.3 Å². The average molecular weight is 260 g/mol. The molecular formula is C16H24N2O. The lowest BCUT2D eigenvalue weighted by Crippen LogP contribution is -2.26. The van der Waals surface area contributed by atoms with E-state index in [0.717, 1.165) is 25.3 Å². The summed E-state index contributed by atoms with van der Waals surface area (Å²) < 4.78 is 0. The molecule has 1 N–H and O–H groups in total. The third kappa shape index (κ3) is 5.41. The molecule has 3 nitrogen and oxygen atoms in total. The van der Waals surface area contributed by atoms with Gasteiger partial charge in [0.2, 0.25) is 5.91 Å². The Bertz CT molecular complexity index is 372. The molecule has 0 radical (unpaired) electrons. The predicted molar refractivity (Wildman–Crippen MR) is 76.8 cm³/mol. The number of hydrogen-bond donors (Lipinski definition) is 1. The second kappa shape index (κ2) is 7.93. The van der Waals surface area contributed by atoms with Gasteiger partial charge in [-0.1, -0.05) is 38.2 Å². The summed E-state index contributed by atoms with van der Waals surface area (Å²) in [5, 5.41) is 3.00. The SMILES string of the molecule is O=C(CCC1CCCCC1)NCCc1cccnc1. The summed E-state index contributed by atoms with van der Waals surface area (Å²) in [6.45, 7) is 0.717. The van der Waals surface area contributed by atoms with E-state index in [1.165, 1.54) is 37.7 Å². The maximum absolute atomic E-state index is 11.7. The fraction of sp³-hybridized carbons (Fsp3) is 0.625. The zero-order valence-corrected chi connectivity index (χ0v) is 11.6. The highest BCUT2D eigenvalue weighted by atomic mass is 16.1. The molecule has 1 aliphatic carbocycles. The fourth-order valence-corrected chi connectivity index (χ4v) is 2.79. The molecule has 1 aromatic heterocycles. The summed E-state index contributed by atoms with van der Waals surface area (Å²) in [5.74, 6) is 0.993. The van der Waals surface area contributed by atoms with Gasteiger partial charge in [0.25, 0.3) is 0 Å². The highest BCUT2D eigenvalue weighted by molar-refractivity contribution is 5.75. The van der Waals surface area contributed by atoms with Crippen molar-refractivity contribution in [2.45, 2.75) is 51.4 Å². The minimum absolute atomic E-state index is 0.203. The summed E-state index contributed by atoms with van der Waals surface area (Å²) in [4.78, 5) is 15.8. The lowest BCUT2D eigenvalue weighted by Gasteiger charge is -2.20. The highest BCUT2D eigenvalue weighted by Crippen LogP contribution is 2.27. The number of aromatic nitrogens is 1. The summed E-state index contributed by atoms with van der Waals surface area (Å²) in [7, 11) is 0. The van der Waals surface area contributed by atoms with Crippen LogP contribution < -0.4 is 5.32 Å². The van der Waals surface area contributed by atoms with Crippen LogP contribution in [0.15, 0.2) is 24.5 Å². The Balaban J connectivity index is 1.57. The molecular weight excluding hydrogens is 236 g/mol. The molecule has 1 aromatic rings. The number of hydrogen-bond acceptors (Lipinski definition) is 2. The van der Waals surface area contributed by atoms with Gasteiger partial charge in [-0.2, -0.15) is 0 Å². The molecule has 0 unspecified atom stereocenters. The number of carbonyl (C=O) groups excluding carboxylic acids is 1. The number of nitrogens with zero attached hydrogens (tertiary/aromatic N) is 1. The van der Waals surface area contributed by atoms with Crippen molar-refractivity contribution in [3.8, 4) is 0 Å². The maximum Gasteiger partial charge on any atom is 0.220 e. The highest BCUT2D eigenvalue weighted by Gasteiger charge is 2.14. The van der Waals surface area contributed by atoms with E-state index < -0.39 is 0 Å². The number of rotatable bonds is 6. The Hall–Kier alpha value is -1.38. The van der Waals surface area contributed by atoms with Crippen molar-refractivity contribution >= 4 is 5.91 Å². The first-order chi connectivity index (χ1) is 9.34. The van der Waals surface area contributed by atoms with E-state index in [4.69, 9.17) is 0 Å². The Morgan fingerprint density at radius 3 is 2.89 bits per heavy atom. The van der Waals surface area contributed by atoms with Gasteiger partial charge in [0.15, 0.2) is 0 Å². The van der Waals surface area contributed by atoms with E-state index in [0.29, 0.717) is 6.42 Å². The van der Waals surface area contributed by atoms with Crippen molar-refractivity contribution in [2.24, 2.45) is 5.92 Å². The summed E-state index contributed by atoms with van der Waals surface area (Å²) in [6, 6.07) is 3.97. The molecule has 1 heterocycles. The number of pyridine rings is 1. The Labute approximate surface area is 115 Å². The van der Waals surface area contributed by atoms with Gasteiger partial charge in [-0.3, -0.25) is 9.78 Å². The van der Waals surface area contributed by atoms with Crippen LogP contribution in [-0.2, 0) is 11.2 Å². The summed E-state index contributed by atoms with van der Waals surface area (Å²) in [6.07, 6.45) is 13.0. The van der Waals surface area contributed by atoms with Crippen molar-refractivity contribution in [2.75, 3.05) is 6.54 Å². The topological polar surface area (TPSA) is 42.0 Å². The van der Waals surface area contributed by atoms with Crippen LogP contribution >= 0.6 is 0 Å². The molecule has 0 spiro atoms. The van der Waals surface area contributed by atoms with Crippen molar-refractivity contribution in [1.29, 1.82) is 0 Å². The predicted octanol–water partition coefficient (Wildman–Crippen LogP) is 3.10. The van der Waals surface area contributed by atoms with Gasteiger partial charge in [0, 0.05) is 25.4 Å². The van der Waals surface area contributed by atoms with Crippen LogP contribution in [0, 0.1) is 5.92 Å². The van der Waals surface area contributed by atoms with Crippen LogP contribution in [0.5, 0.6) is 0 Å². The second-order valence-electron chi connectivity index (χ2n) is 5.50. The molecule has 1 saturated carbocycles. The third-order valence-electron chi connectivity index (χ3n) is 3.96. The van der Waals surface area contributed by atoms with E-state index in [2.05, 4.69) is 10.3 Å². The standard InChI is InChI=1S/C16H24N2O/c19-16(9-8-14-5-2-1-3-6-14)18-12-10-15-7-4-11-17-13-15/h4,7,11,13-14H,1-3,5-6,8-10,12H2,(H,18,19). The van der Waals surface area contributed by atoms with Crippen LogP contribution in [0.1, 0.15) is 50.5 Å². The van der Waals surface area contributed by atoms with Gasteiger partial charge in [-0.25, -0.2) is 0 Å². The monoisotopic (exact) mass is 260 g/mol. The van der Waals surface area contributed by atoms with E-state index in [1.807, 2.05) is 18.3 Å². The zero-order valence-electron chi connectivity index (χ0n) is 11.6. The number of carbonyl (C=O) groups is 1. The molecule has 3 heteroatoms. The third-order valence-corrected chi connectivity index (χ3v) is 3.96. The molecule has 0 aromatic carbocycles. The van der Waals surface area contributed by atoms with Crippen LogP contribution in [0.4, 0.5) is 0 Å². The normalized spacial score (nSPS) is 16.2. The Kier molecular flexibility index (Phi) is 5.86. The van der Waals surface area contributed by atoms with Gasteiger partial charge in [0.1, 0.15) is 0 Å². The van der Waals surface area contributed by atoms with Crippen molar-refractivity contribution in [3.05, 3.63) is 30.1 Å². The van der Waals surface area contributed by atoms with E-state index in [1.54, 1.807) is 6.20 Å². The molecule has 0 atom stereocenters. The van der Waals surface area contributed by atoms with Gasteiger partial charge in [0.05, 0.1) is 0 Å². The first-order valence-electron chi connectivity index (χ1n) is 7.50. The molecule has 104 valence electrons. The second-order valence-corrected chi connectivity index (χ2v) is 5.50. The first kappa shape index (κ1) is 14.0. The van der Waals surface area contributed by atoms with Crippen molar-refractivity contribution < 1.29 is 4.79 Å². The van der Waals surface area contributed by atoms with E-state index in [-0.39, 0.29) is 5.91 Å². The quantitative estimate of drug-likeness (QED) is 0.854. The van der Waals surface area contributed by atoms with Gasteiger partial charge in [-0.05, 0) is 30.4 Å². The lowest BCUT2D eigenvalue weighted by molar-refractivity contribution is -0.121. The minimum Gasteiger partial charge on any atom is -0.356 e. The lowest BCUT2D eigenvalue weighted by atomic mass is 9.86. The van der Waals surface area contributed by atoms with Crippen LogP contribution in [0.3, 0.4) is 0 Å². The van der Waals surface area contributed by atoms with Gasteiger partial charge >= 0.3 is 0 Å². The Morgan fingerprint density at radius 2 is 2.16 bits per heavy atom. The van der Waals surface area contributed by atoms with Crippen LogP contribution in [0.2, 0.25) is 0 Å². The molecule has 2 rings (SSSR count). The average Bonchev–Trinajstić information content (AvgIpc) is 2.47. The molecule has 0 bridgehead atoms. The molecule has 1 amide bonds. The molecule has 0 saturated heterocycles. The first-order valence-corrected chi connectivity index (χ1v) is 7.50. The largest absolute Gasteiger partial charge is 0.356 e. The number of nitrogens with one attached hydrogen (secondary N) is 1. The number of amides is 1. The Morgan fingerprint density at radius 1 is 1.32 bits per heavy atom. The van der Waals surface area contributed by atoms with E-state index >= 15 is 0 Å². The smallest absolute Gasteiger partial charge is 0.220 e. The van der Waals surface area contributed by atoms with Crippen LogP contribution in [-0.4, -0.2) is 17.4 Å². The molecule has 19 heavy (non-hydrogen) atoms. The molecule has 1 fully saturated rings. The molecule has 1 aliphatic rings.